The van der Waals surface area contributed by atoms with Crippen molar-refractivity contribution < 1.29 is 19.4 Å². The van der Waals surface area contributed by atoms with Gasteiger partial charge in [-0.2, -0.15) is 0 Å². The van der Waals surface area contributed by atoms with Gasteiger partial charge in [-0.15, -0.1) is 0 Å². The third-order valence-corrected chi connectivity index (χ3v) is 2.56. The molecule has 6 nitrogen and oxygen atoms in total. The van der Waals surface area contributed by atoms with Gasteiger partial charge in [-0.1, -0.05) is 27.7 Å². The minimum absolute atomic E-state index is 0.384. The number of nitrogens with zero attached hydrogens (tertiary/aromatic N) is 2. The van der Waals surface area contributed by atoms with Crippen LogP contribution < -0.4 is 0 Å². The summed E-state index contributed by atoms with van der Waals surface area (Å²) in [7, 11) is 0. The fourth-order valence-electron chi connectivity index (χ4n) is 1.94. The van der Waals surface area contributed by atoms with Crippen LogP contribution in [0.2, 0.25) is 0 Å². The molecule has 0 amide bonds. The van der Waals surface area contributed by atoms with Crippen LogP contribution in [0, 0.1) is 11.8 Å². The van der Waals surface area contributed by atoms with E-state index in [9.17, 15) is 9.59 Å². The molecule has 19 heavy (non-hydrogen) atoms. The number of aliphatic carboxylic acids is 1. The standard InChI is InChI=1S/C13H22N2O4/c1-9(2)7-14-5-6-15(8-10(3)4)13(14)19-12(18)11(16)17/h5-6,9-10,13H,7-8H2,1-4H3,(H,16,17). The lowest BCUT2D eigenvalue weighted by Gasteiger charge is -2.33. The molecule has 108 valence electrons. The largest absolute Gasteiger partial charge is 0.473 e. The normalized spacial score (nSPS) is 15.7. The molecule has 0 aliphatic carbocycles. The summed E-state index contributed by atoms with van der Waals surface area (Å²) in [5.41, 5.74) is 0. The van der Waals surface area contributed by atoms with E-state index in [0.29, 0.717) is 24.9 Å². The van der Waals surface area contributed by atoms with E-state index in [1.54, 1.807) is 0 Å². The van der Waals surface area contributed by atoms with Crippen LogP contribution in [-0.2, 0) is 14.3 Å². The summed E-state index contributed by atoms with van der Waals surface area (Å²) in [6.07, 6.45) is 3.01. The maximum Gasteiger partial charge on any atom is 0.420 e. The second-order valence-electron chi connectivity index (χ2n) is 5.52. The van der Waals surface area contributed by atoms with Gasteiger partial charge < -0.3 is 19.6 Å². The third-order valence-electron chi connectivity index (χ3n) is 2.56. The third kappa shape index (κ3) is 4.46. The Balaban J connectivity index is 2.75. The topological polar surface area (TPSA) is 70.1 Å². The number of rotatable bonds is 5. The molecule has 1 aliphatic heterocycles. The van der Waals surface area contributed by atoms with Gasteiger partial charge in [0.2, 0.25) is 0 Å². The van der Waals surface area contributed by atoms with Gasteiger partial charge in [0.05, 0.1) is 0 Å². The SMILES string of the molecule is CC(C)CN1C=CN(CC(C)C)C1OC(=O)C(=O)O. The Labute approximate surface area is 113 Å². The minimum Gasteiger partial charge on any atom is -0.473 e. The second-order valence-corrected chi connectivity index (χ2v) is 5.52. The highest BCUT2D eigenvalue weighted by Crippen LogP contribution is 2.20. The monoisotopic (exact) mass is 270 g/mol. The minimum atomic E-state index is -1.57. The molecule has 1 N–H and O–H groups in total. The molecule has 0 radical (unpaired) electrons. The number of hydrogen-bond acceptors (Lipinski definition) is 5. The number of carboxylic acids is 1. The van der Waals surface area contributed by atoms with Crippen molar-refractivity contribution in [2.45, 2.75) is 34.0 Å². The van der Waals surface area contributed by atoms with E-state index < -0.39 is 18.3 Å². The van der Waals surface area contributed by atoms with Gasteiger partial charge in [0.1, 0.15) is 0 Å². The molecule has 1 aliphatic rings. The summed E-state index contributed by atoms with van der Waals surface area (Å²) in [6.45, 7) is 9.60. The van der Waals surface area contributed by atoms with Gasteiger partial charge in [-0.25, -0.2) is 9.59 Å². The quantitative estimate of drug-likeness (QED) is 0.600. The average Bonchev–Trinajstić information content (AvgIpc) is 2.60. The molecule has 0 spiro atoms. The molecule has 6 heteroatoms. The molecule has 0 atom stereocenters. The highest BCUT2D eigenvalue weighted by Gasteiger charge is 2.32. The first-order valence-corrected chi connectivity index (χ1v) is 6.45. The Kier molecular flexibility index (Phi) is 5.20. The molecule has 1 heterocycles. The zero-order chi connectivity index (χ0) is 14.6. The summed E-state index contributed by atoms with van der Waals surface area (Å²) >= 11 is 0. The van der Waals surface area contributed by atoms with Crippen LogP contribution in [0.15, 0.2) is 12.4 Å². The van der Waals surface area contributed by atoms with E-state index in [0.717, 1.165) is 0 Å². The Bertz CT molecular complexity index is 346. The molecule has 1 rings (SSSR count). The first-order chi connectivity index (χ1) is 8.81. The maximum atomic E-state index is 11.3. The van der Waals surface area contributed by atoms with Crippen LogP contribution in [0.3, 0.4) is 0 Å². The lowest BCUT2D eigenvalue weighted by Crippen LogP contribution is -2.45. The van der Waals surface area contributed by atoms with Crippen LogP contribution in [0.1, 0.15) is 27.7 Å². The lowest BCUT2D eigenvalue weighted by molar-refractivity contribution is -0.181. The number of carbonyl (C=O) groups is 2. The lowest BCUT2D eigenvalue weighted by atomic mass is 10.2. The number of esters is 1. The van der Waals surface area contributed by atoms with Crippen LogP contribution in [0.5, 0.6) is 0 Å². The smallest absolute Gasteiger partial charge is 0.420 e. The molecule has 0 aromatic carbocycles. The van der Waals surface area contributed by atoms with Crippen molar-refractivity contribution in [3.05, 3.63) is 12.4 Å². The van der Waals surface area contributed by atoms with Gasteiger partial charge in [0.15, 0.2) is 0 Å². The molecule has 0 aromatic heterocycles. The van der Waals surface area contributed by atoms with E-state index in [2.05, 4.69) is 27.7 Å². The Hall–Kier alpha value is -1.72. The van der Waals surface area contributed by atoms with Gasteiger partial charge in [0, 0.05) is 25.5 Å². The predicted octanol–water partition coefficient (Wildman–Crippen LogP) is 1.30. The first kappa shape index (κ1) is 15.3. The van der Waals surface area contributed by atoms with Gasteiger partial charge in [-0.3, -0.25) is 0 Å². The van der Waals surface area contributed by atoms with Crippen molar-refractivity contribution >= 4 is 11.9 Å². The summed E-state index contributed by atoms with van der Waals surface area (Å²) < 4.78 is 5.05. The maximum absolute atomic E-state index is 11.3. The highest BCUT2D eigenvalue weighted by molar-refractivity contribution is 6.28. The van der Waals surface area contributed by atoms with Crippen LogP contribution in [-0.4, -0.2) is 46.3 Å². The highest BCUT2D eigenvalue weighted by atomic mass is 16.6. The van der Waals surface area contributed by atoms with Crippen molar-refractivity contribution in [3.63, 3.8) is 0 Å². The summed E-state index contributed by atoms with van der Waals surface area (Å²) in [5.74, 6) is -2.03. The van der Waals surface area contributed by atoms with Gasteiger partial charge >= 0.3 is 11.9 Å². The van der Waals surface area contributed by atoms with Crippen LogP contribution >= 0.6 is 0 Å². The fourth-order valence-corrected chi connectivity index (χ4v) is 1.94. The zero-order valence-corrected chi connectivity index (χ0v) is 11.9. The Morgan fingerprint density at radius 1 is 1.11 bits per heavy atom. The first-order valence-electron chi connectivity index (χ1n) is 6.45. The molecular weight excluding hydrogens is 248 g/mol. The molecule has 0 fully saturated rings. The molecule has 0 unspecified atom stereocenters. The Morgan fingerprint density at radius 3 is 1.84 bits per heavy atom. The van der Waals surface area contributed by atoms with E-state index in [4.69, 9.17) is 9.84 Å². The fraction of sp³-hybridized carbons (Fsp3) is 0.692. The molecule has 0 saturated carbocycles. The van der Waals surface area contributed by atoms with E-state index in [1.807, 2.05) is 22.2 Å². The molecule has 0 saturated heterocycles. The zero-order valence-electron chi connectivity index (χ0n) is 11.9. The van der Waals surface area contributed by atoms with Crippen molar-refractivity contribution in [2.75, 3.05) is 13.1 Å². The Morgan fingerprint density at radius 2 is 1.53 bits per heavy atom. The van der Waals surface area contributed by atoms with Crippen molar-refractivity contribution in [1.29, 1.82) is 0 Å². The van der Waals surface area contributed by atoms with Crippen molar-refractivity contribution in [3.8, 4) is 0 Å². The average molecular weight is 270 g/mol. The summed E-state index contributed by atoms with van der Waals surface area (Å²) in [6, 6.07) is 0. The summed E-state index contributed by atoms with van der Waals surface area (Å²) in [4.78, 5) is 25.6. The van der Waals surface area contributed by atoms with Gasteiger partial charge in [0.25, 0.3) is 6.35 Å². The number of ether oxygens (including phenoxy) is 1. The number of hydrogen-bond donors (Lipinski definition) is 1. The van der Waals surface area contributed by atoms with Gasteiger partial charge in [-0.05, 0) is 11.8 Å². The summed E-state index contributed by atoms with van der Waals surface area (Å²) in [5, 5.41) is 8.65. The number of carbonyl (C=O) groups excluding carboxylic acids is 1. The van der Waals surface area contributed by atoms with E-state index in [1.165, 1.54) is 0 Å². The van der Waals surface area contributed by atoms with Crippen molar-refractivity contribution in [1.82, 2.24) is 9.80 Å². The van der Waals surface area contributed by atoms with Crippen LogP contribution in [0.4, 0.5) is 0 Å². The second kappa shape index (κ2) is 6.45. The molecule has 0 aromatic rings. The predicted molar refractivity (Wildman–Crippen MR) is 69.7 cm³/mol. The van der Waals surface area contributed by atoms with E-state index in [-0.39, 0.29) is 0 Å². The van der Waals surface area contributed by atoms with Crippen LogP contribution in [0.25, 0.3) is 0 Å². The van der Waals surface area contributed by atoms with Crippen molar-refractivity contribution in [2.24, 2.45) is 11.8 Å². The molecular formula is C13H22N2O4. The molecule has 0 bridgehead atoms. The number of carboxylic acid groups (broad SMARTS) is 1. The van der Waals surface area contributed by atoms with E-state index >= 15 is 0 Å².